The van der Waals surface area contributed by atoms with Crippen molar-refractivity contribution in [2.75, 3.05) is 37.7 Å². The van der Waals surface area contributed by atoms with E-state index in [1.165, 1.54) is 29.3 Å². The summed E-state index contributed by atoms with van der Waals surface area (Å²) in [7, 11) is -3.78. The van der Waals surface area contributed by atoms with Crippen molar-refractivity contribution in [2.24, 2.45) is 0 Å². The van der Waals surface area contributed by atoms with Crippen molar-refractivity contribution in [3.05, 3.63) is 95.9 Å². The van der Waals surface area contributed by atoms with E-state index in [2.05, 4.69) is 102 Å². The molecule has 1 atom stereocenters. The number of carbonyl (C=O) groups is 1. The second-order valence-electron chi connectivity index (χ2n) is 14.2. The number of halogens is 1. The summed E-state index contributed by atoms with van der Waals surface area (Å²) in [5.41, 5.74) is 1.35. The van der Waals surface area contributed by atoms with E-state index in [0.717, 1.165) is 19.1 Å². The third-order valence-corrected chi connectivity index (χ3v) is 14.8. The van der Waals surface area contributed by atoms with E-state index in [-0.39, 0.29) is 47.0 Å². The lowest BCUT2D eigenvalue weighted by Gasteiger charge is -2.43. The Bertz CT molecular complexity index is 2140. The number of ether oxygens (including phenoxy) is 2. The van der Waals surface area contributed by atoms with Crippen LogP contribution in [-0.4, -0.2) is 75.7 Å². The number of nitrogens with zero attached hydrogens (tertiary/aromatic N) is 4. The zero-order chi connectivity index (χ0) is 39.8. The summed E-state index contributed by atoms with van der Waals surface area (Å²) in [4.78, 5) is 21.1. The number of methoxy groups -OCH3 is 2. The van der Waals surface area contributed by atoms with Crippen LogP contribution in [0.5, 0.6) is 5.75 Å². The molecule has 3 aromatic carbocycles. The summed E-state index contributed by atoms with van der Waals surface area (Å²) in [6.07, 6.45) is 2.32. The number of hydrogen-bond acceptors (Lipinski definition) is 11. The molecule has 2 heterocycles. The van der Waals surface area contributed by atoms with Crippen LogP contribution in [-0.2, 0) is 36.6 Å². The number of nitrogens with one attached hydrogen (secondary N) is 2. The molecule has 2 aromatic heterocycles. The van der Waals surface area contributed by atoms with Gasteiger partial charge < -0.3 is 19.2 Å². The maximum Gasteiger partial charge on any atom is 0.413 e. The molecule has 0 aliphatic rings. The van der Waals surface area contributed by atoms with Gasteiger partial charge in [-0.05, 0) is 39.9 Å². The average Bonchev–Trinajstić information content (AvgIpc) is 3.47. The van der Waals surface area contributed by atoms with Crippen LogP contribution < -0.4 is 25.7 Å². The summed E-state index contributed by atoms with van der Waals surface area (Å²) < 4.78 is 62.7. The van der Waals surface area contributed by atoms with Crippen molar-refractivity contribution in [3.63, 3.8) is 0 Å². The Morgan fingerprint density at radius 1 is 0.964 bits per heavy atom. The van der Waals surface area contributed by atoms with Crippen LogP contribution in [0.2, 0.25) is 5.04 Å². The van der Waals surface area contributed by atoms with Crippen molar-refractivity contribution >= 4 is 57.7 Å². The van der Waals surface area contributed by atoms with Gasteiger partial charge in [0, 0.05) is 18.2 Å². The first-order valence-electron chi connectivity index (χ1n) is 18.0. The Morgan fingerprint density at radius 3 is 2.18 bits per heavy atom. The number of aromatic nitrogens is 4. The highest BCUT2D eigenvalue weighted by atomic mass is 32.2. The molecular formula is C39H49FN6O7SSi. The quantitative estimate of drug-likeness (QED) is 0.0814. The molecule has 5 aromatic rings. The molecular weight excluding hydrogens is 744 g/mol. The van der Waals surface area contributed by atoms with Gasteiger partial charge in [-0.25, -0.2) is 9.78 Å². The number of hydrogen-bond donors (Lipinski definition) is 2. The minimum Gasteiger partial charge on any atom is -0.496 e. The Morgan fingerprint density at radius 2 is 1.62 bits per heavy atom. The molecule has 0 aliphatic heterocycles. The van der Waals surface area contributed by atoms with Crippen molar-refractivity contribution in [3.8, 4) is 5.75 Å². The highest BCUT2D eigenvalue weighted by Crippen LogP contribution is 2.37. The van der Waals surface area contributed by atoms with Crippen molar-refractivity contribution in [1.82, 2.24) is 19.7 Å². The fourth-order valence-corrected chi connectivity index (χ4v) is 11.7. The van der Waals surface area contributed by atoms with Crippen LogP contribution >= 0.6 is 0 Å². The maximum absolute atomic E-state index is 15.7. The molecule has 0 bridgehead atoms. The monoisotopic (exact) mass is 792 g/mol. The molecule has 13 nitrogen and oxygen atoms in total. The second-order valence-corrected chi connectivity index (χ2v) is 20.2. The first-order valence-corrected chi connectivity index (χ1v) is 21.7. The molecule has 16 heteroatoms. The van der Waals surface area contributed by atoms with Gasteiger partial charge in [0.1, 0.15) is 11.3 Å². The standard InChI is InChI=1S/C39H49FN6O7SSi/c1-8-15-29(22-23-53-55(39(2,3)4,30-16-11-9-12-17-30)31-18-13-10-14-19-31)41-36-34-33(42-37(43-36)44-38(47)51-6)35(40)45-46(34)25-28-21-20-27(24-32(28)50-5)26-52-54(7,48)49/h9-14,16-21,24,29H,8,15,22-23,25-26H2,1-7H3,(H2,41,42,43,44,47). The van der Waals surface area contributed by atoms with Gasteiger partial charge in [0.25, 0.3) is 24.4 Å². The number of benzene rings is 3. The van der Waals surface area contributed by atoms with Crippen LogP contribution in [0.1, 0.15) is 58.1 Å². The summed E-state index contributed by atoms with van der Waals surface area (Å²) >= 11 is 0. The Labute approximate surface area is 322 Å². The van der Waals surface area contributed by atoms with E-state index >= 15 is 4.39 Å². The summed E-state index contributed by atoms with van der Waals surface area (Å²) in [6, 6.07) is 25.8. The first-order chi connectivity index (χ1) is 26.2. The molecule has 0 spiro atoms. The molecule has 2 N–H and O–H groups in total. The topological polar surface area (TPSA) is 156 Å². The Kier molecular flexibility index (Phi) is 13.3. The van der Waals surface area contributed by atoms with Crippen LogP contribution in [0.25, 0.3) is 11.0 Å². The predicted octanol–water partition coefficient (Wildman–Crippen LogP) is 6.22. The molecule has 0 aliphatic carbocycles. The lowest BCUT2D eigenvalue weighted by molar-refractivity contribution is 0.186. The highest BCUT2D eigenvalue weighted by molar-refractivity contribution is 7.85. The van der Waals surface area contributed by atoms with Crippen molar-refractivity contribution in [2.45, 2.75) is 71.2 Å². The minimum absolute atomic E-state index is 0.0496. The van der Waals surface area contributed by atoms with Crippen LogP contribution in [0.15, 0.2) is 78.9 Å². The van der Waals surface area contributed by atoms with Gasteiger partial charge in [0.15, 0.2) is 11.3 Å². The third-order valence-electron chi connectivity index (χ3n) is 9.24. The molecule has 0 saturated carbocycles. The van der Waals surface area contributed by atoms with Gasteiger partial charge >= 0.3 is 6.09 Å². The fraction of sp³-hybridized carbons (Fsp3) is 0.385. The smallest absolute Gasteiger partial charge is 0.413 e. The second kappa shape index (κ2) is 17.7. The van der Waals surface area contributed by atoms with Gasteiger partial charge in [0.05, 0.1) is 33.6 Å². The van der Waals surface area contributed by atoms with E-state index in [9.17, 15) is 13.2 Å². The highest BCUT2D eigenvalue weighted by Gasteiger charge is 2.50. The predicted molar refractivity (Wildman–Crippen MR) is 214 cm³/mol. The normalized spacial score (nSPS) is 12.7. The van der Waals surface area contributed by atoms with E-state index in [0.29, 0.717) is 29.9 Å². The number of carbonyl (C=O) groups excluding carboxylic acids is 1. The van der Waals surface area contributed by atoms with Crippen molar-refractivity contribution in [1.29, 1.82) is 0 Å². The molecule has 5 rings (SSSR count). The molecule has 0 saturated heterocycles. The molecule has 0 radical (unpaired) electrons. The molecule has 1 unspecified atom stereocenters. The number of anilines is 2. The van der Waals surface area contributed by atoms with E-state index in [1.807, 2.05) is 12.1 Å². The minimum atomic E-state index is -3.66. The molecule has 0 fully saturated rings. The third kappa shape index (κ3) is 9.86. The van der Waals surface area contributed by atoms with Gasteiger partial charge in [-0.15, -0.1) is 5.10 Å². The maximum atomic E-state index is 15.7. The summed E-state index contributed by atoms with van der Waals surface area (Å²) in [6.45, 7) is 9.08. The lowest BCUT2D eigenvalue weighted by Crippen LogP contribution is -2.66. The molecule has 55 heavy (non-hydrogen) atoms. The van der Waals surface area contributed by atoms with Gasteiger partial charge in [0.2, 0.25) is 5.95 Å². The summed E-state index contributed by atoms with van der Waals surface area (Å²) in [5, 5.41) is 12.3. The Hall–Kier alpha value is -4.90. The SMILES string of the molecule is CCCC(CCO[Si](c1ccccc1)(c1ccccc1)C(C)(C)C)Nc1nc(NC(=O)OC)nc2c(F)nn(Cc3ccc(COS(C)(=O)=O)cc3OC)c12. The summed E-state index contributed by atoms with van der Waals surface area (Å²) in [5.74, 6) is -0.351. The van der Waals surface area contributed by atoms with E-state index < -0.39 is 30.5 Å². The van der Waals surface area contributed by atoms with Crippen molar-refractivity contribution < 1.29 is 35.7 Å². The number of fused-ring (bicyclic) bond motifs is 1. The molecule has 294 valence electrons. The molecule has 1 amide bonds. The van der Waals surface area contributed by atoms with Gasteiger partial charge in [-0.3, -0.25) is 14.2 Å². The zero-order valence-corrected chi connectivity index (χ0v) is 34.1. The Balaban J connectivity index is 1.50. The van der Waals surface area contributed by atoms with Crippen LogP contribution in [0, 0.1) is 5.95 Å². The van der Waals surface area contributed by atoms with Crippen LogP contribution in [0.3, 0.4) is 0 Å². The number of amides is 1. The van der Waals surface area contributed by atoms with Gasteiger partial charge in [-0.2, -0.15) is 17.8 Å². The average molecular weight is 793 g/mol. The number of rotatable bonds is 17. The largest absolute Gasteiger partial charge is 0.496 e. The van der Waals surface area contributed by atoms with E-state index in [4.69, 9.17) is 18.1 Å². The fourth-order valence-electron chi connectivity index (χ4n) is 6.75. The lowest BCUT2D eigenvalue weighted by atomic mass is 10.1. The van der Waals surface area contributed by atoms with Gasteiger partial charge in [-0.1, -0.05) is 107 Å². The van der Waals surface area contributed by atoms with Crippen LogP contribution in [0.4, 0.5) is 21.0 Å². The van der Waals surface area contributed by atoms with E-state index in [1.54, 1.807) is 18.2 Å². The first kappa shape index (κ1) is 41.3. The zero-order valence-electron chi connectivity index (χ0n) is 32.3.